The fourth-order valence-corrected chi connectivity index (χ4v) is 3.07. The predicted octanol–water partition coefficient (Wildman–Crippen LogP) is 3.74. The molecule has 1 amide bonds. The summed E-state index contributed by atoms with van der Waals surface area (Å²) in [6.07, 6.45) is 1.01. The van der Waals surface area contributed by atoms with E-state index in [1.807, 2.05) is 11.4 Å². The molecule has 0 radical (unpaired) electrons. The highest BCUT2D eigenvalue weighted by molar-refractivity contribution is 7.10. The second-order valence-electron chi connectivity index (χ2n) is 5.35. The SMILES string of the molecule is CC(=O)Nc1ccsc1CNC(C)Cc1ccccc1C. The summed E-state index contributed by atoms with van der Waals surface area (Å²) in [6, 6.07) is 10.8. The molecule has 0 saturated carbocycles. The normalized spacial score (nSPS) is 12.1. The molecule has 1 unspecified atom stereocenters. The number of carbonyl (C=O) groups is 1. The minimum Gasteiger partial charge on any atom is -0.325 e. The molecule has 0 aliphatic carbocycles. The van der Waals surface area contributed by atoms with Crippen molar-refractivity contribution in [3.63, 3.8) is 0 Å². The number of thiophene rings is 1. The number of carbonyl (C=O) groups excluding carboxylic acids is 1. The zero-order valence-electron chi connectivity index (χ0n) is 12.8. The van der Waals surface area contributed by atoms with Crippen molar-refractivity contribution >= 4 is 22.9 Å². The van der Waals surface area contributed by atoms with E-state index in [2.05, 4.69) is 48.7 Å². The van der Waals surface area contributed by atoms with E-state index < -0.39 is 0 Å². The van der Waals surface area contributed by atoms with Crippen molar-refractivity contribution < 1.29 is 4.79 Å². The first-order valence-electron chi connectivity index (χ1n) is 7.18. The molecule has 0 bridgehead atoms. The van der Waals surface area contributed by atoms with Crippen LogP contribution in [0.15, 0.2) is 35.7 Å². The maximum Gasteiger partial charge on any atom is 0.221 e. The third kappa shape index (κ3) is 4.69. The second kappa shape index (κ2) is 7.38. The molecule has 2 N–H and O–H groups in total. The smallest absolute Gasteiger partial charge is 0.221 e. The van der Waals surface area contributed by atoms with Crippen LogP contribution >= 0.6 is 11.3 Å². The number of rotatable bonds is 6. The summed E-state index contributed by atoms with van der Waals surface area (Å²) in [5.41, 5.74) is 3.63. The van der Waals surface area contributed by atoms with Crippen molar-refractivity contribution in [2.45, 2.75) is 39.8 Å². The van der Waals surface area contributed by atoms with Crippen molar-refractivity contribution in [3.05, 3.63) is 51.7 Å². The van der Waals surface area contributed by atoms with Gasteiger partial charge in [0.05, 0.1) is 5.69 Å². The van der Waals surface area contributed by atoms with Crippen LogP contribution in [0.1, 0.15) is 29.9 Å². The van der Waals surface area contributed by atoms with E-state index in [4.69, 9.17) is 0 Å². The lowest BCUT2D eigenvalue weighted by Crippen LogP contribution is -2.27. The van der Waals surface area contributed by atoms with Crippen LogP contribution in [0.3, 0.4) is 0 Å². The van der Waals surface area contributed by atoms with Crippen LogP contribution in [-0.4, -0.2) is 11.9 Å². The number of anilines is 1. The second-order valence-corrected chi connectivity index (χ2v) is 6.35. The van der Waals surface area contributed by atoms with Crippen molar-refractivity contribution in [2.75, 3.05) is 5.32 Å². The highest BCUT2D eigenvalue weighted by Crippen LogP contribution is 2.22. The molecule has 0 saturated heterocycles. The van der Waals surface area contributed by atoms with Gasteiger partial charge in [-0.2, -0.15) is 0 Å². The molecule has 1 atom stereocenters. The molecule has 1 aromatic heterocycles. The van der Waals surface area contributed by atoms with Crippen molar-refractivity contribution in [1.29, 1.82) is 0 Å². The lowest BCUT2D eigenvalue weighted by molar-refractivity contribution is -0.114. The molecule has 0 fully saturated rings. The summed E-state index contributed by atoms with van der Waals surface area (Å²) < 4.78 is 0. The lowest BCUT2D eigenvalue weighted by atomic mass is 10.0. The molecule has 4 heteroatoms. The molecular weight excluding hydrogens is 280 g/mol. The minimum atomic E-state index is -0.0254. The fourth-order valence-electron chi connectivity index (χ4n) is 2.29. The van der Waals surface area contributed by atoms with Crippen molar-refractivity contribution in [1.82, 2.24) is 5.32 Å². The Morgan fingerprint density at radius 1 is 1.29 bits per heavy atom. The van der Waals surface area contributed by atoms with Gasteiger partial charge >= 0.3 is 0 Å². The number of aryl methyl sites for hydroxylation is 1. The lowest BCUT2D eigenvalue weighted by Gasteiger charge is -2.15. The molecule has 0 aliphatic rings. The van der Waals surface area contributed by atoms with Gasteiger partial charge in [0.15, 0.2) is 0 Å². The zero-order chi connectivity index (χ0) is 15.2. The number of benzene rings is 1. The van der Waals surface area contributed by atoms with E-state index in [-0.39, 0.29) is 5.91 Å². The Morgan fingerprint density at radius 3 is 2.76 bits per heavy atom. The van der Waals surface area contributed by atoms with Gasteiger partial charge in [-0.15, -0.1) is 11.3 Å². The van der Waals surface area contributed by atoms with Crippen LogP contribution in [0, 0.1) is 6.92 Å². The Hall–Kier alpha value is -1.65. The van der Waals surface area contributed by atoms with E-state index >= 15 is 0 Å². The van der Waals surface area contributed by atoms with Gasteiger partial charge in [0.1, 0.15) is 0 Å². The summed E-state index contributed by atoms with van der Waals surface area (Å²) in [5.74, 6) is -0.0254. The average molecular weight is 302 g/mol. The van der Waals surface area contributed by atoms with E-state index in [9.17, 15) is 4.79 Å². The molecule has 21 heavy (non-hydrogen) atoms. The van der Waals surface area contributed by atoms with Gasteiger partial charge in [-0.25, -0.2) is 0 Å². The Bertz CT molecular complexity index is 606. The topological polar surface area (TPSA) is 41.1 Å². The zero-order valence-corrected chi connectivity index (χ0v) is 13.6. The van der Waals surface area contributed by atoms with Gasteiger partial charge in [-0.1, -0.05) is 24.3 Å². The fraction of sp³-hybridized carbons (Fsp3) is 0.353. The summed E-state index contributed by atoms with van der Waals surface area (Å²) >= 11 is 1.67. The summed E-state index contributed by atoms with van der Waals surface area (Å²) in [6.45, 7) is 6.66. The van der Waals surface area contributed by atoms with Gasteiger partial charge in [-0.05, 0) is 42.8 Å². The highest BCUT2D eigenvalue weighted by Gasteiger charge is 2.09. The summed E-state index contributed by atoms with van der Waals surface area (Å²) in [5, 5.41) is 8.41. The largest absolute Gasteiger partial charge is 0.325 e. The number of amides is 1. The molecule has 0 aliphatic heterocycles. The molecule has 1 aromatic carbocycles. The van der Waals surface area contributed by atoms with Crippen LogP contribution in [0.25, 0.3) is 0 Å². The molecule has 0 spiro atoms. The number of hydrogen-bond acceptors (Lipinski definition) is 3. The number of hydrogen-bond donors (Lipinski definition) is 2. The highest BCUT2D eigenvalue weighted by atomic mass is 32.1. The predicted molar refractivity (Wildman–Crippen MR) is 89.8 cm³/mol. The summed E-state index contributed by atoms with van der Waals surface area (Å²) in [4.78, 5) is 12.3. The van der Waals surface area contributed by atoms with Gasteiger partial charge in [0.25, 0.3) is 0 Å². The van der Waals surface area contributed by atoms with Crippen molar-refractivity contribution in [3.8, 4) is 0 Å². The van der Waals surface area contributed by atoms with Crippen LogP contribution < -0.4 is 10.6 Å². The van der Waals surface area contributed by atoms with E-state index in [0.717, 1.165) is 18.7 Å². The molecule has 2 rings (SSSR count). The van der Waals surface area contributed by atoms with Crippen LogP contribution in [0.5, 0.6) is 0 Å². The molecule has 2 aromatic rings. The summed E-state index contributed by atoms with van der Waals surface area (Å²) in [7, 11) is 0. The van der Waals surface area contributed by atoms with Crippen LogP contribution in [0.2, 0.25) is 0 Å². The molecular formula is C17H22N2OS. The maximum atomic E-state index is 11.2. The number of nitrogens with one attached hydrogen (secondary N) is 2. The third-order valence-corrected chi connectivity index (χ3v) is 4.38. The average Bonchev–Trinajstić information content (AvgIpc) is 2.85. The van der Waals surface area contributed by atoms with E-state index in [1.165, 1.54) is 22.9 Å². The van der Waals surface area contributed by atoms with Gasteiger partial charge in [-0.3, -0.25) is 4.79 Å². The van der Waals surface area contributed by atoms with Crippen LogP contribution in [0.4, 0.5) is 5.69 Å². The maximum absolute atomic E-state index is 11.2. The first kappa shape index (κ1) is 15.7. The Kier molecular flexibility index (Phi) is 5.53. The van der Waals surface area contributed by atoms with Gasteiger partial charge in [0.2, 0.25) is 5.91 Å². The van der Waals surface area contributed by atoms with Crippen molar-refractivity contribution in [2.24, 2.45) is 0 Å². The Balaban J connectivity index is 1.90. The quantitative estimate of drug-likeness (QED) is 0.853. The minimum absolute atomic E-state index is 0.0254. The monoisotopic (exact) mass is 302 g/mol. The molecule has 1 heterocycles. The van der Waals surface area contributed by atoms with Gasteiger partial charge in [0, 0.05) is 24.4 Å². The van der Waals surface area contributed by atoms with E-state index in [1.54, 1.807) is 11.3 Å². The van der Waals surface area contributed by atoms with Gasteiger partial charge < -0.3 is 10.6 Å². The standard InChI is InChI=1S/C17H22N2OS/c1-12-6-4-5-7-15(12)10-13(2)18-11-17-16(8-9-21-17)19-14(3)20/h4-9,13,18H,10-11H2,1-3H3,(H,19,20). The Labute approximate surface area is 130 Å². The van der Waals surface area contributed by atoms with Crippen LogP contribution in [-0.2, 0) is 17.8 Å². The third-order valence-electron chi connectivity index (χ3n) is 3.45. The first-order valence-corrected chi connectivity index (χ1v) is 8.06. The molecule has 112 valence electrons. The van der Waals surface area contributed by atoms with E-state index in [0.29, 0.717) is 6.04 Å². The Morgan fingerprint density at radius 2 is 2.05 bits per heavy atom. The first-order chi connectivity index (χ1) is 10.1. The molecule has 3 nitrogen and oxygen atoms in total.